The minimum absolute atomic E-state index is 0.235. The molecule has 0 aromatic heterocycles. The predicted octanol–water partition coefficient (Wildman–Crippen LogP) is 2.67. The van der Waals surface area contributed by atoms with Crippen molar-refractivity contribution in [3.05, 3.63) is 42.0 Å². The van der Waals surface area contributed by atoms with Crippen LogP contribution < -0.4 is 10.1 Å². The molecule has 0 saturated heterocycles. The van der Waals surface area contributed by atoms with Gasteiger partial charge < -0.3 is 14.8 Å². The van der Waals surface area contributed by atoms with Gasteiger partial charge in [0.15, 0.2) is 6.10 Å². The second-order valence-corrected chi connectivity index (χ2v) is 5.73. The number of benzene rings is 2. The molecular formula is C18H19NO4. The van der Waals surface area contributed by atoms with E-state index in [0.29, 0.717) is 11.3 Å². The van der Waals surface area contributed by atoms with E-state index in [1.54, 1.807) is 19.1 Å². The van der Waals surface area contributed by atoms with Crippen LogP contribution in [0.25, 0.3) is 10.8 Å². The number of amides is 1. The molecule has 0 unspecified atom stereocenters. The first-order valence-electron chi connectivity index (χ1n) is 7.66. The van der Waals surface area contributed by atoms with Crippen LogP contribution in [0.3, 0.4) is 0 Å². The molecule has 0 heterocycles. The van der Waals surface area contributed by atoms with Crippen molar-refractivity contribution in [2.45, 2.75) is 31.9 Å². The quantitative estimate of drug-likeness (QED) is 0.862. The number of methoxy groups -OCH3 is 1. The lowest BCUT2D eigenvalue weighted by molar-refractivity contribution is -0.129. The average molecular weight is 313 g/mol. The summed E-state index contributed by atoms with van der Waals surface area (Å²) in [5.74, 6) is -0.393. The Balaban J connectivity index is 1.80. The Morgan fingerprint density at radius 3 is 2.43 bits per heavy atom. The largest absolute Gasteiger partial charge is 0.496 e. The molecule has 0 spiro atoms. The van der Waals surface area contributed by atoms with Gasteiger partial charge in [-0.3, -0.25) is 4.79 Å². The van der Waals surface area contributed by atoms with Gasteiger partial charge in [0.25, 0.3) is 5.91 Å². The first-order valence-corrected chi connectivity index (χ1v) is 7.66. The lowest BCUT2D eigenvalue weighted by Crippen LogP contribution is -2.37. The normalized spacial score (nSPS) is 15.0. The molecule has 1 aliphatic carbocycles. The summed E-state index contributed by atoms with van der Waals surface area (Å²) in [5, 5.41) is 4.71. The number of rotatable bonds is 5. The van der Waals surface area contributed by atoms with Gasteiger partial charge in [-0.05, 0) is 42.7 Å². The third-order valence-corrected chi connectivity index (χ3v) is 3.86. The lowest BCUT2D eigenvalue weighted by atomic mass is 10.1. The summed E-state index contributed by atoms with van der Waals surface area (Å²) in [4.78, 5) is 24.3. The van der Waals surface area contributed by atoms with Crippen molar-refractivity contribution in [1.29, 1.82) is 0 Å². The summed E-state index contributed by atoms with van der Waals surface area (Å²) >= 11 is 0. The van der Waals surface area contributed by atoms with Gasteiger partial charge in [-0.25, -0.2) is 4.79 Å². The van der Waals surface area contributed by atoms with E-state index < -0.39 is 12.1 Å². The summed E-state index contributed by atoms with van der Waals surface area (Å²) in [5.41, 5.74) is 0.317. The first-order chi connectivity index (χ1) is 11.1. The Labute approximate surface area is 134 Å². The summed E-state index contributed by atoms with van der Waals surface area (Å²) in [6.07, 6.45) is 1.15. The minimum atomic E-state index is -0.834. The van der Waals surface area contributed by atoms with Crippen LogP contribution in [0.2, 0.25) is 0 Å². The Morgan fingerprint density at radius 2 is 1.83 bits per heavy atom. The van der Waals surface area contributed by atoms with Crippen LogP contribution in [0.5, 0.6) is 5.75 Å². The number of nitrogens with one attached hydrogen (secondary N) is 1. The zero-order valence-corrected chi connectivity index (χ0v) is 13.2. The zero-order valence-electron chi connectivity index (χ0n) is 13.2. The monoisotopic (exact) mass is 313 g/mol. The molecule has 1 amide bonds. The molecule has 5 heteroatoms. The molecule has 3 rings (SSSR count). The molecule has 2 aromatic rings. The molecule has 1 fully saturated rings. The summed E-state index contributed by atoms with van der Waals surface area (Å²) in [7, 11) is 1.50. The van der Waals surface area contributed by atoms with Gasteiger partial charge >= 0.3 is 5.97 Å². The third kappa shape index (κ3) is 3.44. The van der Waals surface area contributed by atoms with E-state index in [-0.39, 0.29) is 11.9 Å². The Kier molecular flexibility index (Phi) is 4.19. The van der Waals surface area contributed by atoms with E-state index in [1.807, 2.05) is 24.3 Å². The van der Waals surface area contributed by atoms with E-state index >= 15 is 0 Å². The van der Waals surface area contributed by atoms with Crippen molar-refractivity contribution in [1.82, 2.24) is 5.32 Å². The molecule has 0 aliphatic heterocycles. The van der Waals surface area contributed by atoms with E-state index in [9.17, 15) is 9.59 Å². The molecule has 0 bridgehead atoms. The Bertz CT molecular complexity index is 752. The standard InChI is InChI=1S/C18H19NO4/c1-11(17(20)19-14-7-8-14)23-18(21)15-9-12-5-3-4-6-13(12)10-16(15)22-2/h3-6,9-11,14H,7-8H2,1-2H3,(H,19,20)/t11-/m1/s1. The molecule has 1 aliphatic rings. The van der Waals surface area contributed by atoms with Gasteiger partial charge in [-0.2, -0.15) is 0 Å². The second kappa shape index (κ2) is 6.28. The fourth-order valence-corrected chi connectivity index (χ4v) is 2.37. The first kappa shape index (κ1) is 15.3. The second-order valence-electron chi connectivity index (χ2n) is 5.73. The van der Waals surface area contributed by atoms with Crippen LogP contribution in [-0.2, 0) is 9.53 Å². The lowest BCUT2D eigenvalue weighted by Gasteiger charge is -2.15. The number of esters is 1. The van der Waals surface area contributed by atoms with Gasteiger partial charge in [0.2, 0.25) is 0 Å². The molecular weight excluding hydrogens is 294 g/mol. The fourth-order valence-electron chi connectivity index (χ4n) is 2.37. The highest BCUT2D eigenvalue weighted by Crippen LogP contribution is 2.27. The zero-order chi connectivity index (χ0) is 16.4. The topological polar surface area (TPSA) is 64.6 Å². The maximum Gasteiger partial charge on any atom is 0.342 e. The van der Waals surface area contributed by atoms with E-state index in [2.05, 4.69) is 5.32 Å². The number of hydrogen-bond donors (Lipinski definition) is 1. The highest BCUT2D eigenvalue weighted by atomic mass is 16.5. The molecule has 2 aromatic carbocycles. The van der Waals surface area contributed by atoms with E-state index in [0.717, 1.165) is 23.6 Å². The van der Waals surface area contributed by atoms with Crippen LogP contribution in [0.4, 0.5) is 0 Å². The Hall–Kier alpha value is -2.56. The van der Waals surface area contributed by atoms with Gasteiger partial charge in [0.05, 0.1) is 7.11 Å². The van der Waals surface area contributed by atoms with Gasteiger partial charge in [0, 0.05) is 6.04 Å². The summed E-state index contributed by atoms with van der Waals surface area (Å²) in [6, 6.07) is 11.4. The van der Waals surface area contributed by atoms with Crippen LogP contribution in [0, 0.1) is 0 Å². The fraction of sp³-hybridized carbons (Fsp3) is 0.333. The van der Waals surface area contributed by atoms with Crippen molar-refractivity contribution < 1.29 is 19.1 Å². The third-order valence-electron chi connectivity index (χ3n) is 3.86. The van der Waals surface area contributed by atoms with Gasteiger partial charge in [0.1, 0.15) is 11.3 Å². The van der Waals surface area contributed by atoms with Crippen molar-refractivity contribution in [3.63, 3.8) is 0 Å². The molecule has 0 radical (unpaired) electrons. The molecule has 1 atom stereocenters. The van der Waals surface area contributed by atoms with Crippen molar-refractivity contribution in [2.24, 2.45) is 0 Å². The summed E-state index contributed by atoms with van der Waals surface area (Å²) in [6.45, 7) is 1.57. The van der Waals surface area contributed by atoms with Crippen LogP contribution in [0.1, 0.15) is 30.1 Å². The molecule has 1 saturated carbocycles. The van der Waals surface area contributed by atoms with Crippen LogP contribution in [-0.4, -0.2) is 31.1 Å². The number of ether oxygens (including phenoxy) is 2. The predicted molar refractivity (Wildman–Crippen MR) is 86.5 cm³/mol. The molecule has 120 valence electrons. The maximum atomic E-state index is 12.4. The number of carbonyl (C=O) groups excluding carboxylic acids is 2. The van der Waals surface area contributed by atoms with Crippen LogP contribution in [0.15, 0.2) is 36.4 Å². The Morgan fingerprint density at radius 1 is 1.17 bits per heavy atom. The SMILES string of the molecule is COc1cc2ccccc2cc1C(=O)O[C@H](C)C(=O)NC1CC1. The van der Waals surface area contributed by atoms with E-state index in [1.165, 1.54) is 7.11 Å². The molecule has 5 nitrogen and oxygen atoms in total. The molecule has 23 heavy (non-hydrogen) atoms. The maximum absolute atomic E-state index is 12.4. The number of hydrogen-bond acceptors (Lipinski definition) is 4. The van der Waals surface area contributed by atoms with Crippen molar-refractivity contribution in [3.8, 4) is 5.75 Å². The molecule has 1 N–H and O–H groups in total. The minimum Gasteiger partial charge on any atom is -0.496 e. The van der Waals surface area contributed by atoms with Gasteiger partial charge in [-0.15, -0.1) is 0 Å². The average Bonchev–Trinajstić information content (AvgIpc) is 3.37. The van der Waals surface area contributed by atoms with E-state index in [4.69, 9.17) is 9.47 Å². The van der Waals surface area contributed by atoms with Crippen LogP contribution >= 0.6 is 0 Å². The highest BCUT2D eigenvalue weighted by Gasteiger charge is 2.28. The van der Waals surface area contributed by atoms with Gasteiger partial charge in [-0.1, -0.05) is 24.3 Å². The van der Waals surface area contributed by atoms with Crippen molar-refractivity contribution in [2.75, 3.05) is 7.11 Å². The number of fused-ring (bicyclic) bond motifs is 1. The van der Waals surface area contributed by atoms with Crippen molar-refractivity contribution >= 4 is 22.6 Å². The highest BCUT2D eigenvalue weighted by molar-refractivity contribution is 5.99. The number of carbonyl (C=O) groups is 2. The summed E-state index contributed by atoms with van der Waals surface area (Å²) < 4.78 is 10.6. The smallest absolute Gasteiger partial charge is 0.342 e.